The Morgan fingerprint density at radius 1 is 1.23 bits per heavy atom. The SMILES string of the molecule is O=C(c1cccc2c1OC(F)(F)O2)N1CCCN(Cc2nccs2)CC1. The van der Waals surface area contributed by atoms with Crippen molar-refractivity contribution in [2.24, 2.45) is 0 Å². The highest BCUT2D eigenvalue weighted by Gasteiger charge is 2.45. The maximum Gasteiger partial charge on any atom is 0.586 e. The molecule has 0 atom stereocenters. The summed E-state index contributed by atoms with van der Waals surface area (Å²) >= 11 is 1.61. The van der Waals surface area contributed by atoms with Crippen molar-refractivity contribution >= 4 is 17.2 Å². The minimum absolute atomic E-state index is 0.105. The van der Waals surface area contributed by atoms with Gasteiger partial charge in [-0.3, -0.25) is 9.69 Å². The van der Waals surface area contributed by atoms with E-state index in [1.54, 1.807) is 22.4 Å². The molecular weight excluding hydrogens is 364 g/mol. The number of carbonyl (C=O) groups is 1. The van der Waals surface area contributed by atoms with Crippen molar-refractivity contribution in [3.63, 3.8) is 0 Å². The number of alkyl halides is 2. The van der Waals surface area contributed by atoms with Gasteiger partial charge in [-0.25, -0.2) is 4.98 Å². The molecule has 1 aromatic carbocycles. The molecule has 9 heteroatoms. The Morgan fingerprint density at radius 3 is 2.92 bits per heavy atom. The quantitative estimate of drug-likeness (QED) is 0.818. The zero-order chi connectivity index (χ0) is 18.1. The molecule has 0 radical (unpaired) electrons. The first kappa shape index (κ1) is 17.2. The second-order valence-electron chi connectivity index (χ2n) is 6.15. The molecule has 1 amide bonds. The van der Waals surface area contributed by atoms with E-state index in [0.717, 1.165) is 24.5 Å². The molecule has 1 saturated heterocycles. The van der Waals surface area contributed by atoms with Crippen LogP contribution in [0.25, 0.3) is 0 Å². The zero-order valence-electron chi connectivity index (χ0n) is 13.9. The van der Waals surface area contributed by atoms with E-state index in [2.05, 4.69) is 19.4 Å². The maximum absolute atomic E-state index is 13.3. The van der Waals surface area contributed by atoms with Crippen LogP contribution in [0, 0.1) is 0 Å². The molecule has 0 aliphatic carbocycles. The predicted octanol–water partition coefficient (Wildman–Crippen LogP) is 2.81. The summed E-state index contributed by atoms with van der Waals surface area (Å²) in [4.78, 5) is 21.1. The number of fused-ring (bicyclic) bond motifs is 1. The summed E-state index contributed by atoms with van der Waals surface area (Å²) in [5, 5.41) is 2.98. The van der Waals surface area contributed by atoms with Crippen molar-refractivity contribution in [2.75, 3.05) is 26.2 Å². The van der Waals surface area contributed by atoms with Crippen LogP contribution in [0.15, 0.2) is 29.8 Å². The summed E-state index contributed by atoms with van der Waals surface area (Å²) in [6.45, 7) is 3.39. The number of para-hydroxylation sites is 1. The number of thiazole rings is 1. The predicted molar refractivity (Wildman–Crippen MR) is 90.6 cm³/mol. The fraction of sp³-hybridized carbons (Fsp3) is 0.412. The average molecular weight is 381 g/mol. The molecule has 3 heterocycles. The Morgan fingerprint density at radius 2 is 2.12 bits per heavy atom. The number of aromatic nitrogens is 1. The van der Waals surface area contributed by atoms with Crippen LogP contribution in [-0.4, -0.2) is 53.2 Å². The van der Waals surface area contributed by atoms with Crippen molar-refractivity contribution in [3.05, 3.63) is 40.3 Å². The fourth-order valence-corrected chi connectivity index (χ4v) is 3.82. The molecule has 0 unspecified atom stereocenters. The minimum atomic E-state index is -3.73. The Hall–Kier alpha value is -2.26. The van der Waals surface area contributed by atoms with Gasteiger partial charge in [-0.1, -0.05) is 6.07 Å². The average Bonchev–Trinajstić information content (AvgIpc) is 3.14. The van der Waals surface area contributed by atoms with Crippen LogP contribution in [0.1, 0.15) is 21.8 Å². The number of ether oxygens (including phenoxy) is 2. The molecule has 1 fully saturated rings. The van der Waals surface area contributed by atoms with Gasteiger partial charge in [0.2, 0.25) is 0 Å². The van der Waals surface area contributed by atoms with E-state index in [0.29, 0.717) is 19.6 Å². The molecule has 6 nitrogen and oxygen atoms in total. The second-order valence-corrected chi connectivity index (χ2v) is 7.13. The van der Waals surface area contributed by atoms with Gasteiger partial charge in [-0.15, -0.1) is 20.1 Å². The van der Waals surface area contributed by atoms with Crippen molar-refractivity contribution in [1.82, 2.24) is 14.8 Å². The van der Waals surface area contributed by atoms with Crippen LogP contribution >= 0.6 is 11.3 Å². The summed E-state index contributed by atoms with van der Waals surface area (Å²) in [6.07, 6.45) is -1.15. The Bertz CT molecular complexity index is 801. The molecule has 4 rings (SSSR count). The van der Waals surface area contributed by atoms with Gasteiger partial charge in [0, 0.05) is 37.8 Å². The standard InChI is InChI=1S/C17H17F2N3O3S/c18-17(19)24-13-4-1-3-12(15(13)25-17)16(23)22-7-2-6-21(8-9-22)11-14-20-5-10-26-14/h1,3-5,10H,2,6-9,11H2. The van der Waals surface area contributed by atoms with Gasteiger partial charge in [0.15, 0.2) is 11.5 Å². The lowest BCUT2D eigenvalue weighted by molar-refractivity contribution is -0.286. The van der Waals surface area contributed by atoms with Crippen molar-refractivity contribution in [3.8, 4) is 11.5 Å². The van der Waals surface area contributed by atoms with Crippen LogP contribution in [0.3, 0.4) is 0 Å². The summed E-state index contributed by atoms with van der Waals surface area (Å²) < 4.78 is 35.6. The number of benzene rings is 1. The maximum atomic E-state index is 13.3. The van der Waals surface area contributed by atoms with E-state index >= 15 is 0 Å². The van der Waals surface area contributed by atoms with Crippen molar-refractivity contribution < 1.29 is 23.0 Å². The Balaban J connectivity index is 1.46. The van der Waals surface area contributed by atoms with Gasteiger partial charge >= 0.3 is 6.29 Å². The lowest BCUT2D eigenvalue weighted by Crippen LogP contribution is -2.35. The lowest BCUT2D eigenvalue weighted by Gasteiger charge is -2.22. The van der Waals surface area contributed by atoms with E-state index in [1.807, 2.05) is 5.38 Å². The molecule has 1 aromatic heterocycles. The molecule has 0 N–H and O–H groups in total. The Labute approximate surface area is 152 Å². The van der Waals surface area contributed by atoms with Crippen molar-refractivity contribution in [1.29, 1.82) is 0 Å². The molecule has 138 valence electrons. The summed E-state index contributed by atoms with van der Waals surface area (Å²) in [6, 6.07) is 4.37. The molecule has 26 heavy (non-hydrogen) atoms. The van der Waals surface area contributed by atoms with E-state index in [1.165, 1.54) is 18.2 Å². The van der Waals surface area contributed by atoms with Crippen LogP contribution < -0.4 is 9.47 Å². The van der Waals surface area contributed by atoms with Gasteiger partial charge in [0.05, 0.1) is 12.1 Å². The summed E-state index contributed by atoms with van der Waals surface area (Å²) in [5.74, 6) is -0.619. The molecular formula is C17H17F2N3O3S. The molecule has 2 aliphatic rings. The van der Waals surface area contributed by atoms with Gasteiger partial charge in [0.1, 0.15) is 5.01 Å². The largest absolute Gasteiger partial charge is 0.586 e. The third-order valence-electron chi connectivity index (χ3n) is 4.38. The third-order valence-corrected chi connectivity index (χ3v) is 5.14. The van der Waals surface area contributed by atoms with E-state index < -0.39 is 6.29 Å². The number of halogens is 2. The van der Waals surface area contributed by atoms with Gasteiger partial charge < -0.3 is 14.4 Å². The number of amides is 1. The second kappa shape index (κ2) is 6.81. The van der Waals surface area contributed by atoms with Crippen LogP contribution in [-0.2, 0) is 6.54 Å². The third kappa shape index (κ3) is 3.49. The summed E-state index contributed by atoms with van der Waals surface area (Å²) in [7, 11) is 0. The topological polar surface area (TPSA) is 54.9 Å². The first-order chi connectivity index (χ1) is 12.5. The number of carbonyl (C=O) groups excluding carboxylic acids is 1. The number of hydrogen-bond donors (Lipinski definition) is 0. The smallest absolute Gasteiger partial charge is 0.395 e. The number of nitrogens with zero attached hydrogens (tertiary/aromatic N) is 3. The highest BCUT2D eigenvalue weighted by atomic mass is 32.1. The van der Waals surface area contributed by atoms with Crippen LogP contribution in [0.2, 0.25) is 0 Å². The lowest BCUT2D eigenvalue weighted by atomic mass is 10.1. The molecule has 0 bridgehead atoms. The first-order valence-corrected chi connectivity index (χ1v) is 9.19. The van der Waals surface area contributed by atoms with Gasteiger partial charge in [0.25, 0.3) is 5.91 Å². The van der Waals surface area contributed by atoms with Gasteiger partial charge in [-0.2, -0.15) is 0 Å². The van der Waals surface area contributed by atoms with E-state index in [-0.39, 0.29) is 23.0 Å². The Kier molecular flexibility index (Phi) is 4.49. The fourth-order valence-electron chi connectivity index (χ4n) is 3.16. The van der Waals surface area contributed by atoms with Crippen molar-refractivity contribution in [2.45, 2.75) is 19.3 Å². The number of rotatable bonds is 3. The molecule has 2 aromatic rings. The van der Waals surface area contributed by atoms with Crippen LogP contribution in [0.5, 0.6) is 11.5 Å². The van der Waals surface area contributed by atoms with E-state index in [4.69, 9.17) is 0 Å². The van der Waals surface area contributed by atoms with Gasteiger partial charge in [-0.05, 0) is 18.6 Å². The van der Waals surface area contributed by atoms with E-state index in [9.17, 15) is 13.6 Å². The normalized spacial score (nSPS) is 19.4. The highest BCUT2D eigenvalue weighted by Crippen LogP contribution is 2.43. The van der Waals surface area contributed by atoms with Crippen LogP contribution in [0.4, 0.5) is 8.78 Å². The summed E-state index contributed by atoms with van der Waals surface area (Å²) in [5.41, 5.74) is 0.105. The highest BCUT2D eigenvalue weighted by molar-refractivity contribution is 7.09. The zero-order valence-corrected chi connectivity index (χ0v) is 14.7. The first-order valence-electron chi connectivity index (χ1n) is 8.31. The molecule has 0 spiro atoms. The molecule has 2 aliphatic heterocycles. The molecule has 0 saturated carbocycles. The minimum Gasteiger partial charge on any atom is -0.395 e. The monoisotopic (exact) mass is 381 g/mol. The number of hydrogen-bond acceptors (Lipinski definition) is 6.